The molecule has 2 aromatic carbocycles. The van der Waals surface area contributed by atoms with E-state index in [0.717, 1.165) is 22.4 Å². The summed E-state index contributed by atoms with van der Waals surface area (Å²) in [6.07, 6.45) is 2.09. The van der Waals surface area contributed by atoms with Gasteiger partial charge in [-0.2, -0.15) is 0 Å². The Morgan fingerprint density at radius 3 is 2.27 bits per heavy atom. The lowest BCUT2D eigenvalue weighted by atomic mass is 10.1. The molecule has 1 heterocycles. The Morgan fingerprint density at radius 2 is 1.64 bits per heavy atom. The van der Waals surface area contributed by atoms with Gasteiger partial charge >= 0.3 is 0 Å². The molecule has 0 saturated carbocycles. The zero-order valence-electron chi connectivity index (χ0n) is 13.2. The van der Waals surface area contributed by atoms with Gasteiger partial charge in [0.15, 0.2) is 0 Å². The number of carbonyl (C=O) groups is 1. The van der Waals surface area contributed by atoms with Gasteiger partial charge in [0.2, 0.25) is 0 Å². The number of amides is 1. The van der Waals surface area contributed by atoms with Crippen molar-refractivity contribution in [3.05, 3.63) is 70.8 Å². The molecule has 22 heavy (non-hydrogen) atoms. The Kier molecular flexibility index (Phi) is 3.82. The van der Waals surface area contributed by atoms with Crippen LogP contribution in [0.15, 0.2) is 48.5 Å². The molecule has 0 bridgehead atoms. The summed E-state index contributed by atoms with van der Waals surface area (Å²) in [6, 6.07) is 16.2. The zero-order valence-corrected chi connectivity index (χ0v) is 13.2. The molecule has 1 aliphatic rings. The third-order valence-electron chi connectivity index (χ3n) is 3.77. The van der Waals surface area contributed by atoms with Crippen LogP contribution in [0.3, 0.4) is 0 Å². The van der Waals surface area contributed by atoms with Crippen molar-refractivity contribution in [1.29, 1.82) is 0 Å². The lowest BCUT2D eigenvalue weighted by Crippen LogP contribution is -2.33. The second-order valence-corrected chi connectivity index (χ2v) is 5.94. The molecule has 0 aromatic heterocycles. The van der Waals surface area contributed by atoms with Crippen molar-refractivity contribution in [1.82, 2.24) is 9.80 Å². The summed E-state index contributed by atoms with van der Waals surface area (Å²) in [6.45, 7) is 2.65. The van der Waals surface area contributed by atoms with Gasteiger partial charge < -0.3 is 0 Å². The maximum Gasteiger partial charge on any atom is 0.260 e. The first-order chi connectivity index (χ1) is 10.6. The van der Waals surface area contributed by atoms with Crippen LogP contribution >= 0.6 is 0 Å². The van der Waals surface area contributed by atoms with E-state index < -0.39 is 0 Å². The fourth-order valence-corrected chi connectivity index (χ4v) is 2.69. The van der Waals surface area contributed by atoms with Crippen LogP contribution in [-0.2, 0) is 0 Å². The standard InChI is InChI=1S/C19H20N2O/c1-14-8-10-15(11-9-14)12-18-16-6-4-5-7-17(16)19(22)21(18)13-20(2)3/h4-12H,13H2,1-3H3/b18-12-. The van der Waals surface area contributed by atoms with Crippen LogP contribution in [0.5, 0.6) is 0 Å². The lowest BCUT2D eigenvalue weighted by Gasteiger charge is -2.22. The number of nitrogens with zero attached hydrogens (tertiary/aromatic N) is 2. The SMILES string of the molecule is Cc1ccc(/C=C2/c3ccccc3C(=O)N2CN(C)C)cc1. The maximum absolute atomic E-state index is 12.6. The van der Waals surface area contributed by atoms with Gasteiger partial charge in [0.1, 0.15) is 0 Å². The molecule has 3 nitrogen and oxygen atoms in total. The van der Waals surface area contributed by atoms with Gasteiger partial charge in [0, 0.05) is 11.1 Å². The zero-order chi connectivity index (χ0) is 15.7. The average molecular weight is 292 g/mol. The van der Waals surface area contributed by atoms with Crippen LogP contribution in [0.25, 0.3) is 11.8 Å². The fraction of sp³-hybridized carbons (Fsp3) is 0.211. The molecule has 3 heteroatoms. The second-order valence-electron chi connectivity index (χ2n) is 5.94. The number of hydrogen-bond acceptors (Lipinski definition) is 2. The van der Waals surface area contributed by atoms with Gasteiger partial charge in [-0.15, -0.1) is 0 Å². The van der Waals surface area contributed by atoms with Crippen molar-refractivity contribution < 1.29 is 4.79 Å². The summed E-state index contributed by atoms with van der Waals surface area (Å²) in [5, 5.41) is 0. The van der Waals surface area contributed by atoms with Gasteiger partial charge in [-0.25, -0.2) is 0 Å². The highest BCUT2D eigenvalue weighted by molar-refractivity contribution is 6.11. The molecule has 112 valence electrons. The summed E-state index contributed by atoms with van der Waals surface area (Å²) in [5.41, 5.74) is 5.10. The van der Waals surface area contributed by atoms with E-state index in [1.807, 2.05) is 48.2 Å². The average Bonchev–Trinajstić information content (AvgIpc) is 2.75. The smallest absolute Gasteiger partial charge is 0.260 e. The first kappa shape index (κ1) is 14.5. The van der Waals surface area contributed by atoms with E-state index in [2.05, 4.69) is 37.3 Å². The van der Waals surface area contributed by atoms with Crippen LogP contribution < -0.4 is 0 Å². The molecule has 0 spiro atoms. The lowest BCUT2D eigenvalue weighted by molar-refractivity contribution is 0.0802. The number of aryl methyl sites for hydroxylation is 1. The Labute approximate surface area is 131 Å². The highest BCUT2D eigenvalue weighted by atomic mass is 16.2. The van der Waals surface area contributed by atoms with E-state index in [1.54, 1.807) is 0 Å². The third-order valence-corrected chi connectivity index (χ3v) is 3.77. The topological polar surface area (TPSA) is 23.6 Å². The van der Waals surface area contributed by atoms with Crippen molar-refractivity contribution in [3.8, 4) is 0 Å². The largest absolute Gasteiger partial charge is 0.294 e. The van der Waals surface area contributed by atoms with Gasteiger partial charge in [0.05, 0.1) is 12.4 Å². The van der Waals surface area contributed by atoms with Gasteiger partial charge in [-0.05, 0) is 38.7 Å². The Balaban J connectivity index is 2.08. The number of hydrogen-bond donors (Lipinski definition) is 0. The first-order valence-corrected chi connectivity index (χ1v) is 7.40. The van der Waals surface area contributed by atoms with Crippen LogP contribution in [0.2, 0.25) is 0 Å². The van der Waals surface area contributed by atoms with E-state index in [-0.39, 0.29) is 5.91 Å². The highest BCUT2D eigenvalue weighted by Crippen LogP contribution is 2.33. The molecule has 0 N–H and O–H groups in total. The molecule has 0 saturated heterocycles. The molecule has 0 atom stereocenters. The van der Waals surface area contributed by atoms with Crippen molar-refractivity contribution in [2.45, 2.75) is 6.92 Å². The van der Waals surface area contributed by atoms with Crippen molar-refractivity contribution >= 4 is 17.7 Å². The predicted molar refractivity (Wildman–Crippen MR) is 90.2 cm³/mol. The summed E-state index contributed by atoms with van der Waals surface area (Å²) in [5.74, 6) is 0.0719. The minimum absolute atomic E-state index is 0.0719. The number of rotatable bonds is 3. The van der Waals surface area contributed by atoms with E-state index in [1.165, 1.54) is 5.56 Å². The molecule has 2 aromatic rings. The van der Waals surface area contributed by atoms with Crippen LogP contribution in [0.4, 0.5) is 0 Å². The highest BCUT2D eigenvalue weighted by Gasteiger charge is 2.31. The molecule has 0 aliphatic carbocycles. The Morgan fingerprint density at radius 1 is 1.00 bits per heavy atom. The normalized spacial score (nSPS) is 15.7. The van der Waals surface area contributed by atoms with E-state index in [4.69, 9.17) is 0 Å². The van der Waals surface area contributed by atoms with E-state index in [9.17, 15) is 4.79 Å². The molecule has 0 fully saturated rings. The molecule has 0 unspecified atom stereocenters. The summed E-state index contributed by atoms with van der Waals surface area (Å²) >= 11 is 0. The molecular formula is C19H20N2O. The Hall–Kier alpha value is -2.39. The van der Waals surface area contributed by atoms with Crippen LogP contribution in [-0.4, -0.2) is 36.5 Å². The molecule has 3 rings (SSSR count). The molecular weight excluding hydrogens is 272 g/mol. The summed E-state index contributed by atoms with van der Waals surface area (Å²) in [7, 11) is 3.94. The third kappa shape index (κ3) is 2.68. The van der Waals surface area contributed by atoms with Crippen molar-refractivity contribution in [2.75, 3.05) is 20.8 Å². The first-order valence-electron chi connectivity index (χ1n) is 7.40. The van der Waals surface area contributed by atoms with Crippen molar-refractivity contribution in [3.63, 3.8) is 0 Å². The summed E-state index contributed by atoms with van der Waals surface area (Å²) in [4.78, 5) is 16.5. The predicted octanol–water partition coefficient (Wildman–Crippen LogP) is 3.47. The molecule has 0 radical (unpaired) electrons. The number of fused-ring (bicyclic) bond motifs is 1. The minimum atomic E-state index is 0.0719. The van der Waals surface area contributed by atoms with Crippen molar-refractivity contribution in [2.24, 2.45) is 0 Å². The van der Waals surface area contributed by atoms with Gasteiger partial charge in [0.25, 0.3) is 5.91 Å². The molecule has 1 amide bonds. The summed E-state index contributed by atoms with van der Waals surface area (Å²) < 4.78 is 0. The van der Waals surface area contributed by atoms with Gasteiger partial charge in [-0.3, -0.25) is 14.6 Å². The second kappa shape index (κ2) is 5.78. The van der Waals surface area contributed by atoms with Gasteiger partial charge in [-0.1, -0.05) is 48.0 Å². The Bertz CT molecular complexity index is 729. The monoisotopic (exact) mass is 292 g/mol. The maximum atomic E-state index is 12.6. The van der Waals surface area contributed by atoms with E-state index >= 15 is 0 Å². The quantitative estimate of drug-likeness (QED) is 0.865. The van der Waals surface area contributed by atoms with Crippen LogP contribution in [0.1, 0.15) is 27.0 Å². The fourth-order valence-electron chi connectivity index (χ4n) is 2.69. The minimum Gasteiger partial charge on any atom is -0.294 e. The van der Waals surface area contributed by atoms with Crippen LogP contribution in [0, 0.1) is 6.92 Å². The number of benzene rings is 2. The van der Waals surface area contributed by atoms with E-state index in [0.29, 0.717) is 6.67 Å². The molecule has 1 aliphatic heterocycles. The number of carbonyl (C=O) groups excluding carboxylic acids is 1.